The SMILES string of the molecule is CC(=O)c1cccc(O[C@H](C)C(=O)NCC(C)(C)c2ccccc2F)c1. The van der Waals surface area contributed by atoms with Crippen molar-refractivity contribution in [1.29, 1.82) is 0 Å². The standard InChI is InChI=1S/C21H24FNO3/c1-14(24)16-8-7-9-17(12-16)26-15(2)20(25)23-13-21(3,4)18-10-5-6-11-19(18)22/h5-12,15H,13H2,1-4H3,(H,23,25)/t15-/m1/s1. The molecule has 2 aromatic carbocycles. The quantitative estimate of drug-likeness (QED) is 0.765. The Morgan fingerprint density at radius 1 is 1.15 bits per heavy atom. The molecule has 1 N–H and O–H groups in total. The number of benzene rings is 2. The molecule has 5 heteroatoms. The molecule has 4 nitrogen and oxygen atoms in total. The van der Waals surface area contributed by atoms with Crippen LogP contribution in [0.2, 0.25) is 0 Å². The topological polar surface area (TPSA) is 55.4 Å². The summed E-state index contributed by atoms with van der Waals surface area (Å²) in [5.41, 5.74) is 0.508. The van der Waals surface area contributed by atoms with Crippen LogP contribution < -0.4 is 10.1 Å². The Kier molecular flexibility index (Phi) is 6.14. The number of hydrogen-bond donors (Lipinski definition) is 1. The lowest BCUT2D eigenvalue weighted by molar-refractivity contribution is -0.127. The summed E-state index contributed by atoms with van der Waals surface area (Å²) in [6.45, 7) is 7.11. The molecule has 1 atom stereocenters. The third-order valence-corrected chi connectivity index (χ3v) is 4.23. The van der Waals surface area contributed by atoms with Crippen LogP contribution in [0.1, 0.15) is 43.6 Å². The third-order valence-electron chi connectivity index (χ3n) is 4.23. The molecular formula is C21H24FNO3. The van der Waals surface area contributed by atoms with Gasteiger partial charge in [0, 0.05) is 17.5 Å². The normalized spacial score (nSPS) is 12.3. The molecule has 0 bridgehead atoms. The van der Waals surface area contributed by atoms with Crippen molar-refractivity contribution in [3.63, 3.8) is 0 Å². The summed E-state index contributed by atoms with van der Waals surface area (Å²) in [5, 5.41) is 2.81. The summed E-state index contributed by atoms with van der Waals surface area (Å²) in [4.78, 5) is 23.8. The van der Waals surface area contributed by atoms with E-state index in [-0.39, 0.29) is 24.1 Å². The molecule has 0 fully saturated rings. The number of nitrogens with one attached hydrogen (secondary N) is 1. The summed E-state index contributed by atoms with van der Waals surface area (Å²) in [6, 6.07) is 13.2. The second-order valence-corrected chi connectivity index (χ2v) is 6.93. The Hall–Kier alpha value is -2.69. The zero-order valence-corrected chi connectivity index (χ0v) is 15.5. The van der Waals surface area contributed by atoms with Crippen LogP contribution in [0.3, 0.4) is 0 Å². The van der Waals surface area contributed by atoms with Gasteiger partial charge < -0.3 is 10.1 Å². The minimum atomic E-state index is -0.742. The van der Waals surface area contributed by atoms with Crippen LogP contribution in [0.15, 0.2) is 48.5 Å². The zero-order valence-electron chi connectivity index (χ0n) is 15.5. The van der Waals surface area contributed by atoms with E-state index in [4.69, 9.17) is 4.74 Å². The molecule has 1 amide bonds. The van der Waals surface area contributed by atoms with E-state index >= 15 is 0 Å². The molecule has 0 unspecified atom stereocenters. The van der Waals surface area contributed by atoms with E-state index in [0.29, 0.717) is 16.9 Å². The number of halogens is 1. The first kappa shape index (κ1) is 19.6. The second-order valence-electron chi connectivity index (χ2n) is 6.93. The molecule has 0 heterocycles. The van der Waals surface area contributed by atoms with Gasteiger partial charge >= 0.3 is 0 Å². The Bertz CT molecular complexity index is 801. The van der Waals surface area contributed by atoms with Gasteiger partial charge in [0.1, 0.15) is 11.6 Å². The van der Waals surface area contributed by atoms with E-state index in [0.717, 1.165) is 0 Å². The monoisotopic (exact) mass is 357 g/mol. The Balaban J connectivity index is 1.98. The number of rotatable bonds is 7. The fraction of sp³-hybridized carbons (Fsp3) is 0.333. The molecule has 0 aliphatic carbocycles. The molecular weight excluding hydrogens is 333 g/mol. The largest absolute Gasteiger partial charge is 0.481 e. The van der Waals surface area contributed by atoms with Crippen molar-refractivity contribution < 1.29 is 18.7 Å². The minimum absolute atomic E-state index is 0.0702. The molecule has 0 saturated heterocycles. The minimum Gasteiger partial charge on any atom is -0.481 e. The third kappa shape index (κ3) is 4.91. The van der Waals surface area contributed by atoms with Gasteiger partial charge in [-0.15, -0.1) is 0 Å². The fourth-order valence-corrected chi connectivity index (χ4v) is 2.60. The van der Waals surface area contributed by atoms with Gasteiger partial charge in [-0.3, -0.25) is 9.59 Å². The molecule has 0 spiro atoms. The maximum absolute atomic E-state index is 14.0. The van der Waals surface area contributed by atoms with Gasteiger partial charge in [-0.25, -0.2) is 4.39 Å². The maximum Gasteiger partial charge on any atom is 0.260 e. The van der Waals surface area contributed by atoms with Crippen molar-refractivity contribution in [1.82, 2.24) is 5.32 Å². The smallest absolute Gasteiger partial charge is 0.260 e. The fourth-order valence-electron chi connectivity index (χ4n) is 2.60. The molecule has 2 rings (SSSR count). The molecule has 0 radical (unpaired) electrons. The second kappa shape index (κ2) is 8.13. The highest BCUT2D eigenvalue weighted by Crippen LogP contribution is 2.25. The maximum atomic E-state index is 14.0. The van der Waals surface area contributed by atoms with Crippen LogP contribution >= 0.6 is 0 Å². The van der Waals surface area contributed by atoms with Crippen LogP contribution in [-0.4, -0.2) is 24.3 Å². The van der Waals surface area contributed by atoms with Gasteiger partial charge in [0.25, 0.3) is 5.91 Å². The van der Waals surface area contributed by atoms with Gasteiger partial charge in [0.15, 0.2) is 11.9 Å². The summed E-state index contributed by atoms with van der Waals surface area (Å²) < 4.78 is 19.6. The molecule has 0 saturated carbocycles. The van der Waals surface area contributed by atoms with Crippen LogP contribution in [0.4, 0.5) is 4.39 Å². The lowest BCUT2D eigenvalue weighted by atomic mass is 9.84. The van der Waals surface area contributed by atoms with Crippen molar-refractivity contribution in [3.8, 4) is 5.75 Å². The van der Waals surface area contributed by atoms with Gasteiger partial charge in [-0.1, -0.05) is 44.2 Å². The summed E-state index contributed by atoms with van der Waals surface area (Å²) >= 11 is 0. The molecule has 26 heavy (non-hydrogen) atoms. The van der Waals surface area contributed by atoms with E-state index < -0.39 is 11.5 Å². The Morgan fingerprint density at radius 3 is 2.50 bits per heavy atom. The number of Topliss-reactive ketones (excluding diaryl/α,β-unsaturated/α-hetero) is 1. The summed E-state index contributed by atoms with van der Waals surface area (Å²) in [5.74, 6) is -0.215. The molecule has 138 valence electrons. The predicted octanol–water partition coefficient (Wildman–Crippen LogP) is 3.89. The van der Waals surface area contributed by atoms with Crippen molar-refractivity contribution in [2.75, 3.05) is 6.54 Å². The van der Waals surface area contributed by atoms with Crippen molar-refractivity contribution in [2.45, 2.75) is 39.2 Å². The number of carbonyl (C=O) groups is 2. The van der Waals surface area contributed by atoms with Gasteiger partial charge in [0.05, 0.1) is 0 Å². The van der Waals surface area contributed by atoms with Crippen LogP contribution in [0, 0.1) is 5.82 Å². The highest BCUT2D eigenvalue weighted by Gasteiger charge is 2.26. The number of hydrogen-bond acceptors (Lipinski definition) is 3. The number of carbonyl (C=O) groups excluding carboxylic acids is 2. The van der Waals surface area contributed by atoms with Gasteiger partial charge in [0.2, 0.25) is 0 Å². The molecule has 0 aliphatic rings. The van der Waals surface area contributed by atoms with E-state index in [9.17, 15) is 14.0 Å². The Labute approximate surface area is 153 Å². The molecule has 0 aliphatic heterocycles. The summed E-state index contributed by atoms with van der Waals surface area (Å²) in [6.07, 6.45) is -0.742. The number of amides is 1. The van der Waals surface area contributed by atoms with E-state index in [1.54, 1.807) is 49.4 Å². The predicted molar refractivity (Wildman–Crippen MR) is 99.0 cm³/mol. The van der Waals surface area contributed by atoms with Crippen LogP contribution in [0.25, 0.3) is 0 Å². The molecule has 0 aromatic heterocycles. The number of ketones is 1. The molecule has 2 aromatic rings. The zero-order chi connectivity index (χ0) is 19.3. The Morgan fingerprint density at radius 2 is 1.85 bits per heavy atom. The summed E-state index contributed by atoms with van der Waals surface area (Å²) in [7, 11) is 0. The average molecular weight is 357 g/mol. The van der Waals surface area contributed by atoms with Gasteiger partial charge in [-0.05, 0) is 37.6 Å². The van der Waals surface area contributed by atoms with Crippen LogP contribution in [0.5, 0.6) is 5.75 Å². The van der Waals surface area contributed by atoms with Gasteiger partial charge in [-0.2, -0.15) is 0 Å². The average Bonchev–Trinajstić information content (AvgIpc) is 2.60. The highest BCUT2D eigenvalue weighted by molar-refractivity contribution is 5.94. The lowest BCUT2D eigenvalue weighted by Gasteiger charge is -2.27. The van der Waals surface area contributed by atoms with Crippen molar-refractivity contribution >= 4 is 11.7 Å². The first-order valence-corrected chi connectivity index (χ1v) is 8.51. The van der Waals surface area contributed by atoms with E-state index in [1.165, 1.54) is 13.0 Å². The number of ether oxygens (including phenoxy) is 1. The first-order valence-electron chi connectivity index (χ1n) is 8.51. The highest BCUT2D eigenvalue weighted by atomic mass is 19.1. The van der Waals surface area contributed by atoms with E-state index in [2.05, 4.69) is 5.32 Å². The lowest BCUT2D eigenvalue weighted by Crippen LogP contribution is -2.43. The van der Waals surface area contributed by atoms with Crippen molar-refractivity contribution in [2.24, 2.45) is 0 Å². The van der Waals surface area contributed by atoms with Crippen LogP contribution in [-0.2, 0) is 10.2 Å². The van der Waals surface area contributed by atoms with E-state index in [1.807, 2.05) is 13.8 Å². The van der Waals surface area contributed by atoms with Crippen molar-refractivity contribution in [3.05, 3.63) is 65.5 Å². The first-order chi connectivity index (χ1) is 12.2.